The smallest absolute Gasteiger partial charge is 0.234 e. The van der Waals surface area contributed by atoms with E-state index >= 15 is 0 Å². The lowest BCUT2D eigenvalue weighted by atomic mass is 10.2. The van der Waals surface area contributed by atoms with E-state index in [9.17, 15) is 4.79 Å². The van der Waals surface area contributed by atoms with Crippen LogP contribution in [0.25, 0.3) is 0 Å². The Balaban J connectivity index is 1.32. The zero-order valence-corrected chi connectivity index (χ0v) is 18.1. The minimum absolute atomic E-state index is 0.140. The average molecular weight is 469 g/mol. The number of halogens is 2. The van der Waals surface area contributed by atoms with Gasteiger partial charge >= 0.3 is 0 Å². The number of ether oxygens (including phenoxy) is 2. The topological polar surface area (TPSA) is 85.4 Å². The molecule has 4 rings (SSSR count). The van der Waals surface area contributed by atoms with Crippen LogP contribution in [0.5, 0.6) is 11.5 Å². The maximum absolute atomic E-state index is 12.3. The fourth-order valence-corrected chi connectivity index (χ4v) is 4.39. The van der Waals surface area contributed by atoms with Gasteiger partial charge in [-0.05, 0) is 24.6 Å². The third kappa shape index (κ3) is 4.87. The molecule has 0 bridgehead atoms. The van der Waals surface area contributed by atoms with E-state index in [-0.39, 0.29) is 18.5 Å². The molecule has 0 radical (unpaired) electrons. The quantitative estimate of drug-likeness (QED) is 0.471. The predicted molar refractivity (Wildman–Crippen MR) is 116 cm³/mol. The first-order valence-corrected chi connectivity index (χ1v) is 10.9. The van der Waals surface area contributed by atoms with E-state index in [4.69, 9.17) is 32.7 Å². The Bertz CT molecular complexity index is 1080. The van der Waals surface area contributed by atoms with Gasteiger partial charge in [-0.2, -0.15) is 0 Å². The molecule has 11 heteroatoms. The summed E-state index contributed by atoms with van der Waals surface area (Å²) < 4.78 is 11.2. The molecule has 0 unspecified atom stereocenters. The Morgan fingerprint density at radius 3 is 2.76 bits per heavy atom. The summed E-state index contributed by atoms with van der Waals surface area (Å²) in [6.07, 6.45) is 0. The van der Waals surface area contributed by atoms with Gasteiger partial charge in [-0.3, -0.25) is 4.79 Å². The van der Waals surface area contributed by atoms with Gasteiger partial charge in [-0.25, -0.2) is 0 Å². The summed E-state index contributed by atoms with van der Waals surface area (Å²) in [6, 6.07) is 8.93. The Hall–Kier alpha value is -2.20. The summed E-state index contributed by atoms with van der Waals surface area (Å²) >= 11 is 14.9. The zero-order chi connectivity index (χ0) is 20.4. The second-order valence-corrected chi connectivity index (χ2v) is 9.00. The number of rotatable bonds is 6. The molecule has 150 valence electrons. The van der Waals surface area contributed by atoms with Crippen molar-refractivity contribution in [3.63, 3.8) is 0 Å². The van der Waals surface area contributed by atoms with Crippen molar-refractivity contribution in [3.8, 4) is 11.5 Å². The molecule has 0 fully saturated rings. The molecule has 3 aromatic rings. The number of nitrogens with zero attached hydrogens (tertiary/aromatic N) is 2. The Kier molecular flexibility index (Phi) is 6.00. The fraction of sp³-hybridized carbons (Fsp3) is 0.167. The number of nitrogens with one attached hydrogen (secondary N) is 2. The number of amides is 1. The van der Waals surface area contributed by atoms with Gasteiger partial charge in [0.15, 0.2) is 15.8 Å². The summed E-state index contributed by atoms with van der Waals surface area (Å²) in [6.45, 7) is 2.08. The first-order valence-electron chi connectivity index (χ1n) is 8.36. The van der Waals surface area contributed by atoms with E-state index in [0.29, 0.717) is 36.7 Å². The number of carbonyl (C=O) groups excluding carboxylic acids is 1. The molecule has 2 heterocycles. The van der Waals surface area contributed by atoms with Crippen molar-refractivity contribution >= 4 is 68.7 Å². The van der Waals surface area contributed by atoms with Crippen LogP contribution >= 0.6 is 46.3 Å². The van der Waals surface area contributed by atoms with E-state index in [1.165, 1.54) is 23.1 Å². The minimum Gasteiger partial charge on any atom is -0.454 e. The highest BCUT2D eigenvalue weighted by molar-refractivity contribution is 8.01. The molecule has 0 aliphatic carbocycles. The Labute approximate surface area is 184 Å². The zero-order valence-electron chi connectivity index (χ0n) is 15.0. The van der Waals surface area contributed by atoms with Crippen molar-refractivity contribution in [1.82, 2.24) is 10.2 Å². The van der Waals surface area contributed by atoms with Crippen molar-refractivity contribution in [1.29, 1.82) is 0 Å². The van der Waals surface area contributed by atoms with Gasteiger partial charge in [0, 0.05) is 22.8 Å². The van der Waals surface area contributed by atoms with Crippen LogP contribution in [0.4, 0.5) is 16.5 Å². The third-order valence-electron chi connectivity index (χ3n) is 3.89. The Morgan fingerprint density at radius 2 is 1.97 bits per heavy atom. The van der Waals surface area contributed by atoms with E-state index in [1.54, 1.807) is 12.1 Å². The number of aromatic nitrogens is 2. The molecule has 0 spiro atoms. The summed E-state index contributed by atoms with van der Waals surface area (Å²) in [5.74, 6) is 1.06. The van der Waals surface area contributed by atoms with E-state index in [0.717, 1.165) is 11.3 Å². The minimum atomic E-state index is -0.217. The standard InChI is InChI=1S/C18H14Cl2N4O3S2/c1-9-2-3-10(4-11(9)19)21-17-23-24-18(29-17)28-7-16(25)22-13-6-15-14(5-12(13)20)26-8-27-15/h2-6H,7-8H2,1H3,(H,21,23)(H,22,25). The normalized spacial score (nSPS) is 12.1. The lowest BCUT2D eigenvalue weighted by Crippen LogP contribution is -2.14. The molecule has 1 amide bonds. The molecule has 1 aromatic heterocycles. The number of carbonyl (C=O) groups is 1. The van der Waals surface area contributed by atoms with Gasteiger partial charge in [0.05, 0.1) is 16.5 Å². The molecular formula is C18H14Cl2N4O3S2. The molecule has 7 nitrogen and oxygen atoms in total. The number of fused-ring (bicyclic) bond motifs is 1. The largest absolute Gasteiger partial charge is 0.454 e. The van der Waals surface area contributed by atoms with Gasteiger partial charge in [-0.1, -0.05) is 52.4 Å². The molecule has 1 aliphatic rings. The summed E-state index contributed by atoms with van der Waals surface area (Å²) in [5, 5.41) is 15.8. The van der Waals surface area contributed by atoms with Crippen molar-refractivity contribution < 1.29 is 14.3 Å². The molecule has 0 atom stereocenters. The van der Waals surface area contributed by atoms with Crippen LogP contribution in [0.2, 0.25) is 10.0 Å². The van der Waals surface area contributed by atoms with Crippen molar-refractivity contribution in [2.24, 2.45) is 0 Å². The van der Waals surface area contributed by atoms with E-state index in [2.05, 4.69) is 20.8 Å². The number of hydrogen-bond donors (Lipinski definition) is 2. The monoisotopic (exact) mass is 468 g/mol. The lowest BCUT2D eigenvalue weighted by Gasteiger charge is -2.07. The van der Waals surface area contributed by atoms with Gasteiger partial charge in [0.2, 0.25) is 17.8 Å². The molecule has 29 heavy (non-hydrogen) atoms. The second kappa shape index (κ2) is 8.66. The highest BCUT2D eigenvalue weighted by Crippen LogP contribution is 2.39. The van der Waals surface area contributed by atoms with Gasteiger partial charge in [0.25, 0.3) is 0 Å². The molecular weight excluding hydrogens is 455 g/mol. The van der Waals surface area contributed by atoms with Crippen molar-refractivity contribution in [2.75, 3.05) is 23.2 Å². The third-order valence-corrected chi connectivity index (χ3v) is 6.58. The average Bonchev–Trinajstić information content (AvgIpc) is 3.32. The second-order valence-electron chi connectivity index (χ2n) is 5.98. The van der Waals surface area contributed by atoms with Gasteiger partial charge < -0.3 is 20.1 Å². The summed E-state index contributed by atoms with van der Waals surface area (Å²) in [5.41, 5.74) is 2.29. The lowest BCUT2D eigenvalue weighted by molar-refractivity contribution is -0.113. The predicted octanol–water partition coefficient (Wildman–Crippen LogP) is 5.36. The molecule has 0 saturated carbocycles. The molecule has 1 aliphatic heterocycles. The number of hydrogen-bond acceptors (Lipinski definition) is 8. The summed E-state index contributed by atoms with van der Waals surface area (Å²) in [7, 11) is 0. The highest BCUT2D eigenvalue weighted by Gasteiger charge is 2.18. The highest BCUT2D eigenvalue weighted by atomic mass is 35.5. The SMILES string of the molecule is Cc1ccc(Nc2nnc(SCC(=O)Nc3cc4c(cc3Cl)OCO4)s2)cc1Cl. The van der Waals surface area contributed by atoms with Gasteiger partial charge in [-0.15, -0.1) is 10.2 Å². The van der Waals surface area contributed by atoms with Crippen LogP contribution in [0.15, 0.2) is 34.7 Å². The van der Waals surface area contributed by atoms with E-state index < -0.39 is 0 Å². The maximum Gasteiger partial charge on any atom is 0.234 e. The van der Waals surface area contributed by atoms with Gasteiger partial charge in [0.1, 0.15) is 0 Å². The fourth-order valence-electron chi connectivity index (χ4n) is 2.44. The molecule has 2 N–H and O–H groups in total. The van der Waals surface area contributed by atoms with Crippen molar-refractivity contribution in [3.05, 3.63) is 45.9 Å². The van der Waals surface area contributed by atoms with Crippen LogP contribution in [-0.4, -0.2) is 28.7 Å². The van der Waals surface area contributed by atoms with Crippen LogP contribution < -0.4 is 20.1 Å². The van der Waals surface area contributed by atoms with E-state index in [1.807, 2.05) is 25.1 Å². The number of aryl methyl sites for hydroxylation is 1. The first kappa shape index (κ1) is 20.1. The molecule has 2 aromatic carbocycles. The maximum atomic E-state index is 12.3. The Morgan fingerprint density at radius 1 is 1.17 bits per heavy atom. The number of anilines is 3. The van der Waals surface area contributed by atoms with Crippen LogP contribution in [0, 0.1) is 6.92 Å². The van der Waals surface area contributed by atoms with Crippen LogP contribution in [0.3, 0.4) is 0 Å². The molecule has 0 saturated heterocycles. The number of benzene rings is 2. The van der Waals surface area contributed by atoms with Crippen LogP contribution in [-0.2, 0) is 4.79 Å². The summed E-state index contributed by atoms with van der Waals surface area (Å²) in [4.78, 5) is 12.3. The van der Waals surface area contributed by atoms with Crippen molar-refractivity contribution in [2.45, 2.75) is 11.3 Å². The first-order chi connectivity index (χ1) is 14.0. The van der Waals surface area contributed by atoms with Crippen LogP contribution in [0.1, 0.15) is 5.56 Å². The number of thioether (sulfide) groups is 1.